The maximum Gasteiger partial charge on any atom is 0.283 e. The molecule has 4 nitrogen and oxygen atoms in total. The lowest BCUT2D eigenvalue weighted by Gasteiger charge is -2.17. The smallest absolute Gasteiger partial charge is 0.267 e. The van der Waals surface area contributed by atoms with Crippen molar-refractivity contribution in [1.82, 2.24) is 9.55 Å². The molecule has 6 heteroatoms. The molecule has 3 heterocycles. The number of carbonyl (C=O) groups excluding carboxylic acids is 1. The third kappa shape index (κ3) is 3.65. The third-order valence-corrected chi connectivity index (χ3v) is 6.01. The average Bonchev–Trinajstić information content (AvgIpc) is 3.34. The highest BCUT2D eigenvalue weighted by atomic mass is 32.1. The predicted octanol–water partition coefficient (Wildman–Crippen LogP) is 4.60. The molecular weight excluding hydrogens is 350 g/mol. The Labute approximate surface area is 154 Å². The number of thiazole rings is 1. The summed E-state index contributed by atoms with van der Waals surface area (Å²) < 4.78 is 1.63. The van der Waals surface area contributed by atoms with Crippen LogP contribution in [0.4, 0.5) is 0 Å². The van der Waals surface area contributed by atoms with Crippen molar-refractivity contribution >= 4 is 28.6 Å². The zero-order chi connectivity index (χ0) is 17.1. The number of nitrogens with zero attached hydrogens (tertiary/aromatic N) is 3. The Hall–Kier alpha value is -2.05. The summed E-state index contributed by atoms with van der Waals surface area (Å²) in [4.78, 5) is 22.3. The second-order valence-corrected chi connectivity index (χ2v) is 7.84. The lowest BCUT2D eigenvalue weighted by molar-refractivity contribution is 0.0950. The Morgan fingerprint density at radius 3 is 2.84 bits per heavy atom. The van der Waals surface area contributed by atoms with Crippen LogP contribution >= 0.6 is 22.7 Å². The molecule has 1 fully saturated rings. The van der Waals surface area contributed by atoms with Crippen LogP contribution in [0.15, 0.2) is 51.6 Å². The second kappa shape index (κ2) is 7.45. The predicted molar refractivity (Wildman–Crippen MR) is 102 cm³/mol. The molecule has 4 rings (SSSR count). The van der Waals surface area contributed by atoms with Crippen LogP contribution in [-0.2, 0) is 0 Å². The summed E-state index contributed by atoms with van der Waals surface area (Å²) in [6.45, 7) is 0. The topological polar surface area (TPSA) is 47.2 Å². The number of pyridine rings is 1. The van der Waals surface area contributed by atoms with Crippen LogP contribution in [0.25, 0.3) is 10.6 Å². The van der Waals surface area contributed by atoms with Crippen LogP contribution in [0.3, 0.4) is 0 Å². The summed E-state index contributed by atoms with van der Waals surface area (Å²) in [6, 6.07) is 8.07. The number of hydrogen-bond donors (Lipinski definition) is 0. The molecule has 0 bridgehead atoms. The molecule has 0 amide bonds. The van der Waals surface area contributed by atoms with Gasteiger partial charge in [-0.1, -0.05) is 25.3 Å². The van der Waals surface area contributed by atoms with Crippen LogP contribution in [-0.4, -0.2) is 21.5 Å². The summed E-state index contributed by atoms with van der Waals surface area (Å²) in [5.74, 6) is -0.118. The third-order valence-electron chi connectivity index (χ3n) is 4.44. The van der Waals surface area contributed by atoms with E-state index in [0.717, 1.165) is 28.9 Å². The standard InChI is InChI=1S/C19H19N3OS2/c23-19(16-13-25-18(21-16)14-9-11-24-12-14)22-10-5-4-8-17(22)20-15-6-2-1-3-7-15/h4-5,8-13,15H,1-3,6-7H2. The maximum absolute atomic E-state index is 12.9. The molecule has 0 N–H and O–H groups in total. The van der Waals surface area contributed by atoms with Gasteiger partial charge in [-0.15, -0.1) is 11.3 Å². The van der Waals surface area contributed by atoms with Crippen molar-refractivity contribution in [2.45, 2.75) is 38.1 Å². The Bertz CT molecular complexity index is 918. The fourth-order valence-corrected chi connectivity index (χ4v) is 4.63. The number of thiophene rings is 1. The van der Waals surface area contributed by atoms with E-state index in [2.05, 4.69) is 4.98 Å². The highest BCUT2D eigenvalue weighted by Gasteiger charge is 2.16. The van der Waals surface area contributed by atoms with E-state index < -0.39 is 0 Å². The summed E-state index contributed by atoms with van der Waals surface area (Å²) in [5.41, 5.74) is 2.27. The van der Waals surface area contributed by atoms with Crippen molar-refractivity contribution in [1.29, 1.82) is 0 Å². The first kappa shape index (κ1) is 16.4. The van der Waals surface area contributed by atoms with Crippen LogP contribution in [0.1, 0.15) is 42.6 Å². The molecule has 0 aromatic carbocycles. The van der Waals surface area contributed by atoms with Crippen LogP contribution < -0.4 is 5.49 Å². The zero-order valence-corrected chi connectivity index (χ0v) is 15.4. The van der Waals surface area contributed by atoms with E-state index in [0.29, 0.717) is 11.7 Å². The summed E-state index contributed by atoms with van der Waals surface area (Å²) in [5, 5.41) is 6.78. The molecule has 3 aromatic rings. The minimum absolute atomic E-state index is 0.118. The summed E-state index contributed by atoms with van der Waals surface area (Å²) in [7, 11) is 0. The molecule has 0 saturated heterocycles. The van der Waals surface area contributed by atoms with Gasteiger partial charge in [0.2, 0.25) is 0 Å². The number of carbonyl (C=O) groups is 1. The van der Waals surface area contributed by atoms with E-state index in [-0.39, 0.29) is 5.91 Å². The molecule has 1 aliphatic carbocycles. The van der Waals surface area contributed by atoms with Gasteiger partial charge in [-0.25, -0.2) is 4.98 Å². The molecule has 1 saturated carbocycles. The van der Waals surface area contributed by atoms with Crippen molar-refractivity contribution in [2.75, 3.05) is 0 Å². The SMILES string of the molecule is O=C(c1csc(-c2ccsc2)n1)n1ccccc1=NC1CCCCC1. The Balaban J connectivity index is 1.65. The van der Waals surface area contributed by atoms with Gasteiger partial charge in [-0.2, -0.15) is 11.3 Å². The summed E-state index contributed by atoms with van der Waals surface area (Å²) in [6.07, 6.45) is 7.76. The van der Waals surface area contributed by atoms with Crippen LogP contribution in [0, 0.1) is 0 Å². The van der Waals surface area contributed by atoms with Gasteiger partial charge in [0.05, 0.1) is 6.04 Å². The average molecular weight is 370 g/mol. The van der Waals surface area contributed by atoms with Crippen LogP contribution in [0.5, 0.6) is 0 Å². The van der Waals surface area contributed by atoms with Crippen molar-refractivity contribution in [3.05, 3.63) is 57.8 Å². The molecule has 1 aliphatic rings. The highest BCUT2D eigenvalue weighted by molar-refractivity contribution is 7.14. The summed E-state index contributed by atoms with van der Waals surface area (Å²) >= 11 is 3.13. The zero-order valence-electron chi connectivity index (χ0n) is 13.8. The van der Waals surface area contributed by atoms with Crippen molar-refractivity contribution < 1.29 is 4.79 Å². The molecule has 25 heavy (non-hydrogen) atoms. The highest BCUT2D eigenvalue weighted by Crippen LogP contribution is 2.26. The Morgan fingerprint density at radius 1 is 1.16 bits per heavy atom. The lowest BCUT2D eigenvalue weighted by Crippen LogP contribution is -2.29. The molecular formula is C19H19N3OS2. The van der Waals surface area contributed by atoms with E-state index in [4.69, 9.17) is 4.99 Å². The molecule has 0 aliphatic heterocycles. The largest absolute Gasteiger partial charge is 0.283 e. The molecule has 3 aromatic heterocycles. The Morgan fingerprint density at radius 2 is 2.04 bits per heavy atom. The van der Waals surface area contributed by atoms with Crippen molar-refractivity contribution in [3.8, 4) is 10.6 Å². The molecule has 0 spiro atoms. The quantitative estimate of drug-likeness (QED) is 0.678. The van der Waals surface area contributed by atoms with Gasteiger partial charge in [0.1, 0.15) is 16.2 Å². The normalized spacial score (nSPS) is 16.2. The van der Waals surface area contributed by atoms with Gasteiger partial charge in [0, 0.05) is 22.5 Å². The first-order chi connectivity index (χ1) is 12.3. The van der Waals surface area contributed by atoms with E-state index in [9.17, 15) is 4.79 Å². The molecule has 128 valence electrons. The minimum Gasteiger partial charge on any atom is -0.267 e. The van der Waals surface area contributed by atoms with Gasteiger partial charge in [0.25, 0.3) is 5.91 Å². The molecule has 0 atom stereocenters. The second-order valence-electron chi connectivity index (χ2n) is 6.20. The minimum atomic E-state index is -0.118. The monoisotopic (exact) mass is 369 g/mol. The van der Waals surface area contributed by atoms with Gasteiger partial charge in [0.15, 0.2) is 0 Å². The van der Waals surface area contributed by atoms with Crippen molar-refractivity contribution in [2.24, 2.45) is 4.99 Å². The van der Waals surface area contributed by atoms with E-state index in [1.165, 1.54) is 30.6 Å². The fourth-order valence-electron chi connectivity index (χ4n) is 3.12. The van der Waals surface area contributed by atoms with E-state index in [1.54, 1.807) is 22.1 Å². The fraction of sp³-hybridized carbons (Fsp3) is 0.316. The van der Waals surface area contributed by atoms with Crippen LogP contribution in [0.2, 0.25) is 0 Å². The maximum atomic E-state index is 12.9. The molecule has 0 radical (unpaired) electrons. The van der Waals surface area contributed by atoms with Gasteiger partial charge in [-0.3, -0.25) is 14.4 Å². The lowest BCUT2D eigenvalue weighted by atomic mass is 9.96. The number of rotatable bonds is 3. The van der Waals surface area contributed by atoms with Gasteiger partial charge < -0.3 is 0 Å². The van der Waals surface area contributed by atoms with Gasteiger partial charge >= 0.3 is 0 Å². The first-order valence-corrected chi connectivity index (χ1v) is 10.4. The first-order valence-electron chi connectivity index (χ1n) is 8.55. The number of aromatic nitrogens is 2. The van der Waals surface area contributed by atoms with Crippen molar-refractivity contribution in [3.63, 3.8) is 0 Å². The van der Waals surface area contributed by atoms with E-state index in [1.807, 2.05) is 40.4 Å². The molecule has 0 unspecified atom stereocenters. The Kier molecular flexibility index (Phi) is 4.90. The number of hydrogen-bond acceptors (Lipinski definition) is 5. The van der Waals surface area contributed by atoms with Gasteiger partial charge in [-0.05, 0) is 36.4 Å². The van der Waals surface area contributed by atoms with E-state index >= 15 is 0 Å².